The summed E-state index contributed by atoms with van der Waals surface area (Å²) in [4.78, 5) is 3.81. The highest BCUT2D eigenvalue weighted by Gasteiger charge is 2.09. The Labute approximate surface area is 139 Å². The summed E-state index contributed by atoms with van der Waals surface area (Å²) >= 11 is 0. The van der Waals surface area contributed by atoms with Gasteiger partial charge in [-0.15, -0.1) is 12.4 Å². The van der Waals surface area contributed by atoms with Gasteiger partial charge in [0.2, 0.25) is 0 Å². The van der Waals surface area contributed by atoms with E-state index in [-0.39, 0.29) is 17.3 Å². The Kier molecular flexibility index (Phi) is 5.05. The van der Waals surface area contributed by atoms with Crippen LogP contribution in [0.2, 0.25) is 0 Å². The van der Waals surface area contributed by atoms with E-state index in [1.165, 1.54) is 24.3 Å². The zero-order valence-electron chi connectivity index (χ0n) is 11.7. The van der Waals surface area contributed by atoms with Crippen LogP contribution in [0.25, 0.3) is 5.69 Å². The Morgan fingerprint density at radius 3 is 2.00 bits per heavy atom. The molecule has 0 radical (unpaired) electrons. The number of hydrogen-bond acceptors (Lipinski definition) is 4. The number of nitrogens with zero attached hydrogens (tertiary/aromatic N) is 2. The summed E-state index contributed by atoms with van der Waals surface area (Å²) in [6, 6.07) is 12.9. The van der Waals surface area contributed by atoms with Crippen molar-refractivity contribution in [3.63, 3.8) is 0 Å². The average molecular weight is 353 g/mol. The first-order valence-corrected chi connectivity index (χ1v) is 7.80. The van der Waals surface area contributed by atoms with Crippen LogP contribution in [0, 0.1) is 0 Å². The predicted molar refractivity (Wildman–Crippen MR) is 87.1 cm³/mol. The van der Waals surface area contributed by atoms with Crippen molar-refractivity contribution < 1.29 is 17.7 Å². The third kappa shape index (κ3) is 4.10. The van der Waals surface area contributed by atoms with Crippen LogP contribution >= 0.6 is 12.4 Å². The fourth-order valence-corrected chi connectivity index (χ4v) is 2.39. The first-order chi connectivity index (χ1) is 10.5. The summed E-state index contributed by atoms with van der Waals surface area (Å²) < 4.78 is 38.3. The summed E-state index contributed by atoms with van der Waals surface area (Å²) in [6.45, 7) is 0. The van der Waals surface area contributed by atoms with Gasteiger partial charge in [-0.2, -0.15) is 8.42 Å². The van der Waals surface area contributed by atoms with E-state index in [0.717, 1.165) is 5.69 Å². The first kappa shape index (κ1) is 17.0. The number of imidazole rings is 1. The second-order valence-electron chi connectivity index (χ2n) is 4.51. The van der Waals surface area contributed by atoms with Gasteiger partial charge < -0.3 is 9.30 Å². The number of aromatic nitrogens is 2. The maximum Gasteiger partial charge on any atom is 0.294 e. The van der Waals surface area contributed by atoms with Crippen LogP contribution in [0.5, 0.6) is 11.5 Å². The summed E-state index contributed by atoms with van der Waals surface area (Å²) in [5.41, 5.74) is 0.951. The molecule has 0 aliphatic rings. The van der Waals surface area contributed by atoms with Gasteiger partial charge in [0.1, 0.15) is 11.5 Å². The minimum absolute atomic E-state index is 0. The molecule has 0 bridgehead atoms. The van der Waals surface area contributed by atoms with Crippen LogP contribution in [-0.4, -0.2) is 22.5 Å². The van der Waals surface area contributed by atoms with Gasteiger partial charge in [-0.1, -0.05) is 0 Å². The lowest BCUT2D eigenvalue weighted by atomic mass is 10.3. The highest BCUT2D eigenvalue weighted by Crippen LogP contribution is 2.24. The van der Waals surface area contributed by atoms with Gasteiger partial charge in [0.15, 0.2) is 0 Å². The van der Waals surface area contributed by atoms with Gasteiger partial charge in [-0.3, -0.25) is 4.55 Å². The molecule has 23 heavy (non-hydrogen) atoms. The SMILES string of the molecule is Cl.O=S(=O)(O)c1ccc(Oc2ccc(-n3ccnc3)cc2)cc1. The van der Waals surface area contributed by atoms with Crippen molar-refractivity contribution in [1.29, 1.82) is 0 Å². The predicted octanol–water partition coefficient (Wildman–Crippen LogP) is 3.33. The third-order valence-electron chi connectivity index (χ3n) is 3.00. The molecule has 8 heteroatoms. The minimum atomic E-state index is -4.19. The third-order valence-corrected chi connectivity index (χ3v) is 3.86. The Hall–Kier alpha value is -2.35. The maximum absolute atomic E-state index is 11.0. The number of ether oxygens (including phenoxy) is 1. The van der Waals surface area contributed by atoms with E-state index < -0.39 is 10.1 Å². The zero-order valence-corrected chi connectivity index (χ0v) is 13.4. The quantitative estimate of drug-likeness (QED) is 0.728. The molecule has 0 unspecified atom stereocenters. The average Bonchev–Trinajstić information content (AvgIpc) is 3.02. The van der Waals surface area contributed by atoms with Crippen molar-refractivity contribution in [3.05, 3.63) is 67.3 Å². The van der Waals surface area contributed by atoms with E-state index in [4.69, 9.17) is 9.29 Å². The van der Waals surface area contributed by atoms with Crippen LogP contribution in [0.15, 0.2) is 72.1 Å². The monoisotopic (exact) mass is 352 g/mol. The van der Waals surface area contributed by atoms with Crippen molar-refractivity contribution in [2.75, 3.05) is 0 Å². The Morgan fingerprint density at radius 2 is 1.52 bits per heavy atom. The van der Waals surface area contributed by atoms with Gasteiger partial charge in [0.05, 0.1) is 11.2 Å². The summed E-state index contributed by atoms with van der Waals surface area (Å²) in [5, 5.41) is 0. The summed E-state index contributed by atoms with van der Waals surface area (Å²) in [7, 11) is -4.19. The second-order valence-corrected chi connectivity index (χ2v) is 5.93. The molecule has 2 aromatic carbocycles. The molecule has 0 atom stereocenters. The molecule has 3 aromatic rings. The lowest BCUT2D eigenvalue weighted by Crippen LogP contribution is -1.97. The Balaban J connectivity index is 0.00000192. The standard InChI is InChI=1S/C15H12N2O4S.ClH/c18-22(19,20)15-7-5-14(6-8-15)21-13-3-1-12(2-4-13)17-10-9-16-11-17;/h1-11H,(H,18,19,20);1H. The number of halogens is 1. The van der Waals surface area contributed by atoms with E-state index in [1.807, 2.05) is 22.9 Å². The van der Waals surface area contributed by atoms with Crippen LogP contribution in [0.3, 0.4) is 0 Å². The molecule has 0 spiro atoms. The topological polar surface area (TPSA) is 81.4 Å². The zero-order chi connectivity index (χ0) is 15.6. The van der Waals surface area contributed by atoms with Gasteiger partial charge >= 0.3 is 0 Å². The van der Waals surface area contributed by atoms with Crippen molar-refractivity contribution in [3.8, 4) is 17.2 Å². The molecule has 0 aliphatic carbocycles. The van der Waals surface area contributed by atoms with Crippen molar-refractivity contribution in [2.45, 2.75) is 4.90 Å². The minimum Gasteiger partial charge on any atom is -0.457 e. The molecule has 3 rings (SSSR count). The van der Waals surface area contributed by atoms with E-state index in [2.05, 4.69) is 4.98 Å². The molecule has 0 saturated heterocycles. The van der Waals surface area contributed by atoms with Crippen LogP contribution in [-0.2, 0) is 10.1 Å². The van der Waals surface area contributed by atoms with E-state index >= 15 is 0 Å². The molecular formula is C15H13ClN2O4S. The second kappa shape index (κ2) is 6.82. The lowest BCUT2D eigenvalue weighted by molar-refractivity contribution is 0.478. The van der Waals surface area contributed by atoms with Crippen LogP contribution in [0.1, 0.15) is 0 Å². The molecule has 120 valence electrons. The van der Waals surface area contributed by atoms with Gasteiger partial charge in [0, 0.05) is 18.1 Å². The van der Waals surface area contributed by atoms with Crippen molar-refractivity contribution in [1.82, 2.24) is 9.55 Å². The summed E-state index contributed by atoms with van der Waals surface area (Å²) in [6.07, 6.45) is 5.23. The van der Waals surface area contributed by atoms with Crippen LogP contribution < -0.4 is 4.74 Å². The van der Waals surface area contributed by atoms with E-state index in [1.54, 1.807) is 24.7 Å². The molecule has 0 fully saturated rings. The molecule has 6 nitrogen and oxygen atoms in total. The normalized spacial score (nSPS) is 10.8. The molecule has 1 aromatic heterocycles. The number of rotatable bonds is 4. The Bertz CT molecular complexity index is 861. The molecule has 0 saturated carbocycles. The molecular weight excluding hydrogens is 340 g/mol. The molecule has 0 aliphatic heterocycles. The van der Waals surface area contributed by atoms with Crippen molar-refractivity contribution in [2.24, 2.45) is 0 Å². The van der Waals surface area contributed by atoms with E-state index in [9.17, 15) is 8.42 Å². The Morgan fingerprint density at radius 1 is 0.957 bits per heavy atom. The summed E-state index contributed by atoms with van der Waals surface area (Å²) in [5.74, 6) is 1.09. The molecule has 0 amide bonds. The largest absolute Gasteiger partial charge is 0.457 e. The fraction of sp³-hybridized carbons (Fsp3) is 0. The van der Waals surface area contributed by atoms with Crippen molar-refractivity contribution >= 4 is 22.5 Å². The molecule has 1 heterocycles. The molecule has 1 N–H and O–H groups in total. The highest BCUT2D eigenvalue weighted by atomic mass is 35.5. The van der Waals surface area contributed by atoms with Crippen LogP contribution in [0.4, 0.5) is 0 Å². The maximum atomic E-state index is 11.0. The fourth-order valence-electron chi connectivity index (χ4n) is 1.91. The van der Waals surface area contributed by atoms with Gasteiger partial charge in [-0.25, -0.2) is 4.98 Å². The first-order valence-electron chi connectivity index (χ1n) is 6.36. The lowest BCUT2D eigenvalue weighted by Gasteiger charge is -2.07. The van der Waals surface area contributed by atoms with Gasteiger partial charge in [-0.05, 0) is 48.5 Å². The van der Waals surface area contributed by atoms with Gasteiger partial charge in [0.25, 0.3) is 10.1 Å². The smallest absolute Gasteiger partial charge is 0.294 e. The highest BCUT2D eigenvalue weighted by molar-refractivity contribution is 7.85. The van der Waals surface area contributed by atoms with E-state index in [0.29, 0.717) is 11.5 Å². The number of benzene rings is 2. The number of hydrogen-bond donors (Lipinski definition) is 1.